The molecule has 0 aromatic carbocycles. The van der Waals surface area contributed by atoms with Crippen LogP contribution in [-0.2, 0) is 0 Å². The summed E-state index contributed by atoms with van der Waals surface area (Å²) < 4.78 is 0. The van der Waals surface area contributed by atoms with Gasteiger partial charge in [0.15, 0.2) is 0 Å². The van der Waals surface area contributed by atoms with Crippen molar-refractivity contribution in [3.8, 4) is 0 Å². The van der Waals surface area contributed by atoms with Gasteiger partial charge in [0, 0.05) is 5.54 Å². The molecule has 3 atom stereocenters. The zero-order valence-electron chi connectivity index (χ0n) is 8.22. The molecular weight excluding hydrogens is 134 g/mol. The van der Waals surface area contributed by atoms with Gasteiger partial charge in [-0.05, 0) is 37.5 Å². The van der Waals surface area contributed by atoms with E-state index in [-0.39, 0.29) is 5.54 Å². The molecule has 2 N–H and O–H groups in total. The van der Waals surface area contributed by atoms with Crippen LogP contribution in [-0.4, -0.2) is 5.54 Å². The number of nitrogens with two attached hydrogens (primary N) is 1. The molecule has 0 aromatic rings. The van der Waals surface area contributed by atoms with E-state index in [1.807, 2.05) is 0 Å². The third kappa shape index (κ3) is 1.96. The second-order valence-electron chi connectivity index (χ2n) is 4.95. The summed E-state index contributed by atoms with van der Waals surface area (Å²) in [7, 11) is 0. The van der Waals surface area contributed by atoms with Crippen molar-refractivity contribution in [3.63, 3.8) is 0 Å². The fourth-order valence-electron chi connectivity index (χ4n) is 2.60. The van der Waals surface area contributed by atoms with Crippen molar-refractivity contribution in [2.45, 2.75) is 46.1 Å². The van der Waals surface area contributed by atoms with Gasteiger partial charge < -0.3 is 5.73 Å². The largest absolute Gasteiger partial charge is 0.325 e. The van der Waals surface area contributed by atoms with Gasteiger partial charge in [-0.15, -0.1) is 0 Å². The molecule has 0 radical (unpaired) electrons. The molecule has 1 aliphatic carbocycles. The van der Waals surface area contributed by atoms with Crippen molar-refractivity contribution in [1.82, 2.24) is 0 Å². The first-order valence-electron chi connectivity index (χ1n) is 4.71. The topological polar surface area (TPSA) is 26.0 Å². The van der Waals surface area contributed by atoms with Crippen LogP contribution in [0.2, 0.25) is 0 Å². The van der Waals surface area contributed by atoms with Crippen molar-refractivity contribution in [1.29, 1.82) is 0 Å². The molecule has 0 aliphatic heterocycles. The molecule has 1 heteroatoms. The van der Waals surface area contributed by atoms with E-state index in [4.69, 9.17) is 5.73 Å². The molecule has 0 amide bonds. The Kier molecular flexibility index (Phi) is 2.29. The highest BCUT2D eigenvalue weighted by Gasteiger charge is 2.38. The van der Waals surface area contributed by atoms with E-state index >= 15 is 0 Å². The molecule has 1 aliphatic rings. The second kappa shape index (κ2) is 2.78. The van der Waals surface area contributed by atoms with E-state index < -0.39 is 0 Å². The molecule has 3 unspecified atom stereocenters. The predicted molar refractivity (Wildman–Crippen MR) is 49.3 cm³/mol. The van der Waals surface area contributed by atoms with Gasteiger partial charge in [-0.1, -0.05) is 20.8 Å². The lowest BCUT2D eigenvalue weighted by atomic mass is 9.87. The van der Waals surface area contributed by atoms with Crippen LogP contribution >= 0.6 is 0 Å². The molecule has 1 nitrogen and oxygen atoms in total. The van der Waals surface area contributed by atoms with Gasteiger partial charge in [-0.25, -0.2) is 0 Å². The van der Waals surface area contributed by atoms with Gasteiger partial charge in [-0.3, -0.25) is 0 Å². The fraction of sp³-hybridized carbons (Fsp3) is 1.00. The minimum Gasteiger partial charge on any atom is -0.325 e. The van der Waals surface area contributed by atoms with Crippen molar-refractivity contribution in [3.05, 3.63) is 0 Å². The van der Waals surface area contributed by atoms with E-state index in [1.54, 1.807) is 0 Å². The number of hydrogen-bond donors (Lipinski definition) is 1. The van der Waals surface area contributed by atoms with Gasteiger partial charge in [0.1, 0.15) is 0 Å². The predicted octanol–water partition coefficient (Wildman–Crippen LogP) is 2.41. The normalized spacial score (nSPS) is 45.3. The van der Waals surface area contributed by atoms with Gasteiger partial charge in [0.25, 0.3) is 0 Å². The minimum atomic E-state index is 0.119. The van der Waals surface area contributed by atoms with Gasteiger partial charge in [0.2, 0.25) is 0 Å². The zero-order chi connectivity index (χ0) is 8.65. The molecule has 66 valence electrons. The summed E-state index contributed by atoms with van der Waals surface area (Å²) >= 11 is 0. The quantitative estimate of drug-likeness (QED) is 0.618. The van der Waals surface area contributed by atoms with E-state index in [9.17, 15) is 0 Å². The smallest absolute Gasteiger partial charge is 0.0131 e. The maximum absolute atomic E-state index is 6.10. The molecular formula is C10H21N. The van der Waals surface area contributed by atoms with E-state index in [2.05, 4.69) is 27.7 Å². The molecule has 11 heavy (non-hydrogen) atoms. The SMILES string of the molecule is CC(C)C1CC(C)(N)CC1C. The van der Waals surface area contributed by atoms with E-state index in [0.29, 0.717) is 0 Å². The highest BCUT2D eigenvalue weighted by molar-refractivity contribution is 4.94. The summed E-state index contributed by atoms with van der Waals surface area (Å²) in [5.74, 6) is 2.48. The Morgan fingerprint density at radius 1 is 1.36 bits per heavy atom. The van der Waals surface area contributed by atoms with Crippen molar-refractivity contribution in [2.24, 2.45) is 23.5 Å². The third-order valence-electron chi connectivity index (χ3n) is 3.08. The molecule has 0 heterocycles. The van der Waals surface area contributed by atoms with Gasteiger partial charge >= 0.3 is 0 Å². The zero-order valence-corrected chi connectivity index (χ0v) is 8.22. The summed E-state index contributed by atoms with van der Waals surface area (Å²) in [5.41, 5.74) is 6.22. The van der Waals surface area contributed by atoms with Crippen LogP contribution < -0.4 is 5.73 Å². The second-order valence-corrected chi connectivity index (χ2v) is 4.95. The molecule has 0 aromatic heterocycles. The molecule has 0 saturated heterocycles. The molecule has 0 spiro atoms. The van der Waals surface area contributed by atoms with Crippen LogP contribution in [0.15, 0.2) is 0 Å². The average molecular weight is 155 g/mol. The Hall–Kier alpha value is -0.0400. The van der Waals surface area contributed by atoms with Crippen LogP contribution in [0.4, 0.5) is 0 Å². The van der Waals surface area contributed by atoms with Crippen LogP contribution in [0.1, 0.15) is 40.5 Å². The van der Waals surface area contributed by atoms with Crippen LogP contribution in [0, 0.1) is 17.8 Å². The van der Waals surface area contributed by atoms with E-state index in [0.717, 1.165) is 17.8 Å². The molecule has 1 fully saturated rings. The molecule has 0 bridgehead atoms. The van der Waals surface area contributed by atoms with E-state index in [1.165, 1.54) is 12.8 Å². The third-order valence-corrected chi connectivity index (χ3v) is 3.08. The number of hydrogen-bond acceptors (Lipinski definition) is 1. The van der Waals surface area contributed by atoms with Crippen molar-refractivity contribution in [2.75, 3.05) is 0 Å². The summed E-state index contributed by atoms with van der Waals surface area (Å²) in [6.07, 6.45) is 2.42. The first kappa shape index (κ1) is 9.05. The first-order chi connectivity index (χ1) is 4.92. The maximum Gasteiger partial charge on any atom is 0.0131 e. The molecule has 1 rings (SSSR count). The summed E-state index contributed by atoms with van der Waals surface area (Å²) in [6.45, 7) is 9.14. The first-order valence-corrected chi connectivity index (χ1v) is 4.71. The highest BCUT2D eigenvalue weighted by Crippen LogP contribution is 2.41. The standard InChI is InChI=1S/C10H21N/c1-7(2)9-6-10(4,11)5-8(9)3/h7-9H,5-6,11H2,1-4H3. The van der Waals surface area contributed by atoms with Crippen molar-refractivity contribution >= 4 is 0 Å². The lowest BCUT2D eigenvalue weighted by Crippen LogP contribution is -2.32. The summed E-state index contributed by atoms with van der Waals surface area (Å²) in [5, 5.41) is 0. The minimum absolute atomic E-state index is 0.119. The Morgan fingerprint density at radius 3 is 2.09 bits per heavy atom. The lowest BCUT2D eigenvalue weighted by Gasteiger charge is -2.20. The Morgan fingerprint density at radius 2 is 1.91 bits per heavy atom. The lowest BCUT2D eigenvalue weighted by molar-refractivity contribution is 0.311. The van der Waals surface area contributed by atoms with Crippen LogP contribution in [0.5, 0.6) is 0 Å². The molecule has 1 saturated carbocycles. The Bertz CT molecular complexity index is 138. The van der Waals surface area contributed by atoms with Crippen LogP contribution in [0.3, 0.4) is 0 Å². The maximum atomic E-state index is 6.10. The highest BCUT2D eigenvalue weighted by atomic mass is 14.7. The Balaban J connectivity index is 2.59. The van der Waals surface area contributed by atoms with Crippen molar-refractivity contribution < 1.29 is 0 Å². The fourth-order valence-corrected chi connectivity index (χ4v) is 2.60. The average Bonchev–Trinajstić information content (AvgIpc) is 2.05. The van der Waals surface area contributed by atoms with Crippen LogP contribution in [0.25, 0.3) is 0 Å². The number of rotatable bonds is 1. The monoisotopic (exact) mass is 155 g/mol. The van der Waals surface area contributed by atoms with Gasteiger partial charge in [0.05, 0.1) is 0 Å². The van der Waals surface area contributed by atoms with Gasteiger partial charge in [-0.2, -0.15) is 0 Å². The summed E-state index contributed by atoms with van der Waals surface area (Å²) in [6, 6.07) is 0. The summed E-state index contributed by atoms with van der Waals surface area (Å²) in [4.78, 5) is 0. The Labute approximate surface area is 70.4 Å².